The predicted molar refractivity (Wildman–Crippen MR) is 123 cm³/mol. The molecule has 1 aromatic heterocycles. The van der Waals surface area contributed by atoms with Gasteiger partial charge in [-0.25, -0.2) is 0 Å². The Morgan fingerprint density at radius 3 is 2.67 bits per heavy atom. The van der Waals surface area contributed by atoms with E-state index in [-0.39, 0.29) is 29.9 Å². The molecule has 2 rings (SSSR count). The third-order valence-electron chi connectivity index (χ3n) is 3.59. The zero-order chi connectivity index (χ0) is 18.6. The van der Waals surface area contributed by atoms with Gasteiger partial charge in [-0.05, 0) is 36.6 Å². The number of ether oxygens (including phenoxy) is 1. The third kappa shape index (κ3) is 8.61. The molecule has 1 heterocycles. The molecule has 0 aliphatic carbocycles. The molecule has 0 radical (unpaired) electrons. The Labute approximate surface area is 181 Å². The Morgan fingerprint density at radius 2 is 1.96 bits per heavy atom. The summed E-state index contributed by atoms with van der Waals surface area (Å²) in [5, 5.41) is 11.4. The Bertz CT molecular complexity index is 707. The van der Waals surface area contributed by atoms with Crippen LogP contribution >= 0.6 is 35.3 Å². The van der Waals surface area contributed by atoms with Crippen LogP contribution in [0.15, 0.2) is 46.8 Å². The minimum Gasteiger partial charge on any atom is -0.497 e. The molecular weight excluding hydrogens is 475 g/mol. The first kappa shape index (κ1) is 23.2. The molecule has 0 spiro atoms. The monoisotopic (exact) mass is 502 g/mol. The van der Waals surface area contributed by atoms with Crippen molar-refractivity contribution >= 4 is 47.2 Å². The first-order chi connectivity index (χ1) is 12.7. The van der Waals surface area contributed by atoms with Crippen LogP contribution in [-0.2, 0) is 6.42 Å². The van der Waals surface area contributed by atoms with E-state index in [0.29, 0.717) is 24.4 Å². The zero-order valence-electron chi connectivity index (χ0n) is 15.7. The van der Waals surface area contributed by atoms with Gasteiger partial charge in [0.05, 0.1) is 7.11 Å². The Morgan fingerprint density at radius 1 is 1.15 bits per heavy atom. The van der Waals surface area contributed by atoms with Gasteiger partial charge in [-0.3, -0.25) is 9.79 Å². The number of hydrogen-bond donors (Lipinski definition) is 3. The van der Waals surface area contributed by atoms with Crippen LogP contribution in [0.25, 0.3) is 0 Å². The van der Waals surface area contributed by atoms with Crippen molar-refractivity contribution in [1.29, 1.82) is 0 Å². The van der Waals surface area contributed by atoms with E-state index >= 15 is 0 Å². The molecule has 2 aromatic rings. The van der Waals surface area contributed by atoms with Crippen molar-refractivity contribution in [1.82, 2.24) is 16.0 Å². The number of nitrogens with zero attached hydrogens (tertiary/aromatic N) is 1. The first-order valence-corrected chi connectivity index (χ1v) is 9.57. The van der Waals surface area contributed by atoms with Gasteiger partial charge < -0.3 is 20.7 Å². The number of methoxy groups -OCH3 is 1. The fraction of sp³-hybridized carbons (Fsp3) is 0.368. The van der Waals surface area contributed by atoms with E-state index < -0.39 is 0 Å². The van der Waals surface area contributed by atoms with Gasteiger partial charge in [-0.15, -0.1) is 35.3 Å². The van der Waals surface area contributed by atoms with Crippen LogP contribution in [0.1, 0.15) is 22.2 Å². The zero-order valence-corrected chi connectivity index (χ0v) is 18.8. The average Bonchev–Trinajstić information content (AvgIpc) is 3.18. The van der Waals surface area contributed by atoms with E-state index in [1.807, 2.05) is 13.0 Å². The predicted octanol–water partition coefficient (Wildman–Crippen LogP) is 2.90. The average molecular weight is 502 g/mol. The molecule has 8 heteroatoms. The third-order valence-corrected chi connectivity index (χ3v) is 4.52. The van der Waals surface area contributed by atoms with Crippen LogP contribution in [0.2, 0.25) is 0 Å². The number of aliphatic imine (C=N–C) groups is 1. The van der Waals surface area contributed by atoms with Gasteiger partial charge >= 0.3 is 0 Å². The van der Waals surface area contributed by atoms with Crippen molar-refractivity contribution < 1.29 is 9.53 Å². The SMILES string of the molecule is CCNC(=NCCc1cccs1)NCCNC(=O)c1cccc(OC)c1.I. The molecular formula is C19H27IN4O2S. The van der Waals surface area contributed by atoms with Crippen LogP contribution in [0, 0.1) is 0 Å². The Kier molecular flexibility index (Phi) is 11.5. The molecule has 0 saturated heterocycles. The second-order valence-electron chi connectivity index (χ2n) is 5.50. The summed E-state index contributed by atoms with van der Waals surface area (Å²) in [6, 6.07) is 11.3. The van der Waals surface area contributed by atoms with Crippen LogP contribution < -0.4 is 20.7 Å². The van der Waals surface area contributed by atoms with Crippen molar-refractivity contribution in [3.63, 3.8) is 0 Å². The molecule has 3 N–H and O–H groups in total. The lowest BCUT2D eigenvalue weighted by molar-refractivity contribution is 0.0954. The van der Waals surface area contributed by atoms with Crippen LogP contribution in [-0.4, -0.2) is 45.2 Å². The van der Waals surface area contributed by atoms with Crippen molar-refractivity contribution in [3.05, 3.63) is 52.2 Å². The van der Waals surface area contributed by atoms with E-state index in [1.54, 1.807) is 36.6 Å². The topological polar surface area (TPSA) is 74.8 Å². The molecule has 1 aromatic carbocycles. The highest BCUT2D eigenvalue weighted by Crippen LogP contribution is 2.12. The van der Waals surface area contributed by atoms with Crippen LogP contribution in [0.5, 0.6) is 5.75 Å². The Hall–Kier alpha value is -1.81. The number of benzene rings is 1. The Balaban J connectivity index is 0.00000364. The maximum absolute atomic E-state index is 12.1. The molecule has 0 aliphatic heterocycles. The molecule has 6 nitrogen and oxygen atoms in total. The van der Waals surface area contributed by atoms with Crippen LogP contribution in [0.3, 0.4) is 0 Å². The summed E-state index contributed by atoms with van der Waals surface area (Å²) >= 11 is 1.75. The van der Waals surface area contributed by atoms with Crippen molar-refractivity contribution in [2.75, 3.05) is 33.3 Å². The minimum absolute atomic E-state index is 0. The second-order valence-corrected chi connectivity index (χ2v) is 6.54. The van der Waals surface area contributed by atoms with Gasteiger partial charge in [-0.2, -0.15) is 0 Å². The summed E-state index contributed by atoms with van der Waals surface area (Å²) in [4.78, 5) is 18.0. The molecule has 0 atom stereocenters. The van der Waals surface area contributed by atoms with E-state index in [2.05, 4.69) is 38.5 Å². The molecule has 0 unspecified atom stereocenters. The fourth-order valence-electron chi connectivity index (χ4n) is 2.30. The first-order valence-electron chi connectivity index (χ1n) is 8.69. The molecule has 0 aliphatic rings. The second kappa shape index (κ2) is 13.4. The maximum Gasteiger partial charge on any atom is 0.251 e. The normalized spacial score (nSPS) is 10.7. The van der Waals surface area contributed by atoms with E-state index in [0.717, 1.165) is 25.5 Å². The molecule has 148 valence electrons. The lowest BCUT2D eigenvalue weighted by Crippen LogP contribution is -2.41. The number of thiophene rings is 1. The number of hydrogen-bond acceptors (Lipinski definition) is 4. The summed E-state index contributed by atoms with van der Waals surface area (Å²) in [7, 11) is 1.58. The summed E-state index contributed by atoms with van der Waals surface area (Å²) in [6.07, 6.45) is 0.931. The molecule has 0 saturated carbocycles. The maximum atomic E-state index is 12.1. The molecule has 1 amide bonds. The highest BCUT2D eigenvalue weighted by atomic mass is 127. The van der Waals surface area contributed by atoms with Gasteiger partial charge in [0.1, 0.15) is 5.75 Å². The summed E-state index contributed by atoms with van der Waals surface area (Å²) in [5.41, 5.74) is 0.584. The fourth-order valence-corrected chi connectivity index (χ4v) is 3.00. The van der Waals surface area contributed by atoms with Gasteiger partial charge in [0.25, 0.3) is 5.91 Å². The number of guanidine groups is 1. The number of halogens is 1. The number of carbonyl (C=O) groups excluding carboxylic acids is 1. The molecule has 0 bridgehead atoms. The lowest BCUT2D eigenvalue weighted by Gasteiger charge is -2.12. The number of nitrogens with one attached hydrogen (secondary N) is 3. The minimum atomic E-state index is -0.120. The number of carbonyl (C=O) groups is 1. The number of amides is 1. The lowest BCUT2D eigenvalue weighted by atomic mass is 10.2. The van der Waals surface area contributed by atoms with Gasteiger partial charge in [0.2, 0.25) is 0 Å². The van der Waals surface area contributed by atoms with Gasteiger partial charge in [0, 0.05) is 43.0 Å². The highest BCUT2D eigenvalue weighted by Gasteiger charge is 2.06. The largest absolute Gasteiger partial charge is 0.497 e. The van der Waals surface area contributed by atoms with Gasteiger partial charge in [-0.1, -0.05) is 12.1 Å². The molecule has 27 heavy (non-hydrogen) atoms. The standard InChI is InChI=1S/C19H26N4O2S.HI/c1-3-20-19(22-10-9-17-8-5-13-26-17)23-12-11-21-18(24)15-6-4-7-16(14-15)25-2;/h4-8,13-14H,3,9-12H2,1-2H3,(H,21,24)(H2,20,22,23);1H. The van der Waals surface area contributed by atoms with E-state index in [1.165, 1.54) is 4.88 Å². The smallest absolute Gasteiger partial charge is 0.251 e. The molecule has 0 fully saturated rings. The van der Waals surface area contributed by atoms with Crippen LogP contribution in [0.4, 0.5) is 0 Å². The number of rotatable bonds is 9. The summed E-state index contributed by atoms with van der Waals surface area (Å²) < 4.78 is 5.14. The van der Waals surface area contributed by atoms with Crippen molar-refractivity contribution in [2.45, 2.75) is 13.3 Å². The van der Waals surface area contributed by atoms with Gasteiger partial charge in [0.15, 0.2) is 5.96 Å². The van der Waals surface area contributed by atoms with Crippen molar-refractivity contribution in [3.8, 4) is 5.75 Å². The van der Waals surface area contributed by atoms with E-state index in [9.17, 15) is 4.79 Å². The highest BCUT2D eigenvalue weighted by molar-refractivity contribution is 14.0. The quantitative estimate of drug-likeness (QED) is 0.214. The summed E-state index contributed by atoms with van der Waals surface area (Å²) in [5.74, 6) is 1.31. The van der Waals surface area contributed by atoms with E-state index in [4.69, 9.17) is 4.74 Å². The van der Waals surface area contributed by atoms with Crippen molar-refractivity contribution in [2.24, 2.45) is 4.99 Å². The summed E-state index contributed by atoms with van der Waals surface area (Å²) in [6.45, 7) is 4.65.